The molecular formula is C68H99N17O17. The summed E-state index contributed by atoms with van der Waals surface area (Å²) >= 11 is 0. The first-order valence-corrected chi connectivity index (χ1v) is 33.6. The van der Waals surface area contributed by atoms with Gasteiger partial charge in [0.25, 0.3) is 0 Å². The van der Waals surface area contributed by atoms with E-state index in [0.29, 0.717) is 24.0 Å². The zero-order valence-electron chi connectivity index (χ0n) is 58.1. The number of phenols is 1. The number of aliphatic imine (C=N–C) groups is 1. The predicted octanol–water partition coefficient (Wildman–Crippen LogP) is -4.01. The summed E-state index contributed by atoms with van der Waals surface area (Å²) in [5.74, 6) is -14.5. The minimum atomic E-state index is -1.86. The minimum Gasteiger partial charge on any atom is -0.508 e. The summed E-state index contributed by atoms with van der Waals surface area (Å²) in [5.41, 5.74) is 29.4. The van der Waals surface area contributed by atoms with Gasteiger partial charge in [-0.15, -0.1) is 0 Å². The molecule has 0 aliphatic carbocycles. The van der Waals surface area contributed by atoms with Gasteiger partial charge < -0.3 is 102 Å². The Morgan fingerprint density at radius 2 is 1.06 bits per heavy atom. The number of nitrogens with one attached hydrogen (secondary N) is 10. The Morgan fingerprint density at radius 3 is 1.61 bits per heavy atom. The van der Waals surface area contributed by atoms with Crippen LogP contribution in [0.2, 0.25) is 0 Å². The van der Waals surface area contributed by atoms with E-state index in [1.54, 1.807) is 58.0 Å². The second-order valence-electron chi connectivity index (χ2n) is 25.5. The summed E-state index contributed by atoms with van der Waals surface area (Å²) in [7, 11) is 0. The summed E-state index contributed by atoms with van der Waals surface area (Å²) in [6, 6.07) is 7.54. The number of carbonyl (C=O) groups excluding carboxylic acids is 13. The van der Waals surface area contributed by atoms with E-state index in [-0.39, 0.29) is 69.7 Å². The predicted molar refractivity (Wildman–Crippen MR) is 371 cm³/mol. The smallest absolute Gasteiger partial charge is 0.303 e. The first-order chi connectivity index (χ1) is 48.2. The molecule has 0 aromatic heterocycles. The van der Waals surface area contributed by atoms with Crippen molar-refractivity contribution in [2.75, 3.05) is 19.6 Å². The van der Waals surface area contributed by atoms with Crippen molar-refractivity contribution in [1.29, 1.82) is 0 Å². The molecule has 0 radical (unpaired) electrons. The fourth-order valence-corrected chi connectivity index (χ4v) is 10.9. The molecule has 13 amide bonds. The van der Waals surface area contributed by atoms with E-state index in [1.807, 2.05) is 30.3 Å². The number of aliphatic hydroxyl groups excluding tert-OH is 1. The van der Waals surface area contributed by atoms with Crippen LogP contribution in [0.1, 0.15) is 116 Å². The van der Waals surface area contributed by atoms with Crippen LogP contribution in [0.15, 0.2) is 89.9 Å². The number of carbonyl (C=O) groups is 14. The molecule has 0 unspecified atom stereocenters. The number of primary amides is 2. The lowest BCUT2D eigenvalue weighted by atomic mass is 9.96. The summed E-state index contributed by atoms with van der Waals surface area (Å²) < 4.78 is 0. The number of rotatable bonds is 42. The van der Waals surface area contributed by atoms with Gasteiger partial charge in [0.2, 0.25) is 76.8 Å². The van der Waals surface area contributed by atoms with E-state index in [0.717, 1.165) is 12.5 Å². The average molecular weight is 1430 g/mol. The molecule has 1 fully saturated rings. The van der Waals surface area contributed by atoms with Gasteiger partial charge >= 0.3 is 5.97 Å². The number of likely N-dealkylation sites (tertiary alicyclic amines) is 1. The van der Waals surface area contributed by atoms with Crippen LogP contribution in [-0.4, -0.2) is 201 Å². The van der Waals surface area contributed by atoms with Gasteiger partial charge in [-0.25, -0.2) is 0 Å². The minimum absolute atomic E-state index is 0.0280. The molecule has 4 rings (SSSR count). The van der Waals surface area contributed by atoms with E-state index in [9.17, 15) is 82.4 Å². The van der Waals surface area contributed by atoms with Crippen LogP contribution < -0.4 is 81.8 Å². The van der Waals surface area contributed by atoms with Crippen LogP contribution in [0.4, 0.5) is 0 Å². The summed E-state index contributed by atoms with van der Waals surface area (Å²) in [4.78, 5) is 195. The summed E-state index contributed by atoms with van der Waals surface area (Å²) in [5, 5.41) is 55.7. The van der Waals surface area contributed by atoms with Crippen LogP contribution in [0.5, 0.6) is 5.75 Å². The van der Waals surface area contributed by atoms with E-state index >= 15 is 0 Å². The molecule has 102 heavy (non-hydrogen) atoms. The molecule has 3 aromatic carbocycles. The Morgan fingerprint density at radius 1 is 0.549 bits per heavy atom. The highest BCUT2D eigenvalue weighted by Gasteiger charge is 2.42. The Balaban J connectivity index is 1.51. The average Bonchev–Trinajstić information content (AvgIpc) is 1.60. The molecule has 0 saturated carbocycles. The molecule has 0 spiro atoms. The van der Waals surface area contributed by atoms with Crippen LogP contribution in [-0.2, 0) is 86.4 Å². The number of hydrogen-bond acceptors (Lipinski definition) is 18. The molecule has 558 valence electrons. The number of aromatic hydroxyl groups is 1. The number of phenolic OH excluding ortho intramolecular Hbond substituents is 1. The van der Waals surface area contributed by atoms with Crippen molar-refractivity contribution in [2.45, 2.75) is 191 Å². The van der Waals surface area contributed by atoms with E-state index in [4.69, 9.17) is 28.7 Å². The molecule has 23 N–H and O–H groups in total. The molecule has 0 bridgehead atoms. The van der Waals surface area contributed by atoms with Crippen molar-refractivity contribution in [1.82, 2.24) is 58.1 Å². The fourth-order valence-electron chi connectivity index (χ4n) is 10.9. The standard InChI is InChI=1S/C68H99N17O17/c1-7-37(4)55(83-64(99)50-21-15-31-85(50)67(102)54(36(2)3)82-59(94)44(69)32-40-16-10-8-11-17-40)65(100)81-49(33-41-18-12-9-13-19-41)63(98)84-56(39(6)86)66(101)80-48(34-42-22-24-43(87)25-23-42)60(95)75-35-52(89)77-46(27-29-53(90)91)61(96)76-38(5)58(93)79-47(26-28-51(70)88)62(97)78-45(57(71)92)20-14-30-74-68(72)73/h8-13,16-19,22-25,36-39,44-50,54-56,86-87H,7,14-15,20-21,26-35,69H2,1-6H3,(H2,70,88)(H2,71,92)(H,75,95)(H,76,96)(H,77,89)(H,78,97)(H,79,93)(H,80,101)(H,81,100)(H,82,94)(H,83,99)(H,84,98)(H,90,91)(H4,72,73,74)/t37-,38-,39+,44-,45-,46-,47-,48-,49-,50-,54-,55-,56-/m0/s1. The Hall–Kier alpha value is -10.8. The molecular weight excluding hydrogens is 1330 g/mol. The van der Waals surface area contributed by atoms with Crippen molar-refractivity contribution < 1.29 is 82.4 Å². The lowest BCUT2D eigenvalue weighted by Crippen LogP contribution is -2.62. The van der Waals surface area contributed by atoms with Crippen molar-refractivity contribution in [3.05, 3.63) is 102 Å². The number of carboxylic acid groups (broad SMARTS) is 1. The van der Waals surface area contributed by atoms with Crippen molar-refractivity contribution in [3.8, 4) is 5.75 Å². The third-order valence-corrected chi connectivity index (χ3v) is 16.9. The van der Waals surface area contributed by atoms with E-state index < -0.39 is 193 Å². The first-order valence-electron chi connectivity index (χ1n) is 33.6. The van der Waals surface area contributed by atoms with Crippen molar-refractivity contribution in [2.24, 2.45) is 45.5 Å². The lowest BCUT2D eigenvalue weighted by molar-refractivity contribution is -0.143. The van der Waals surface area contributed by atoms with Crippen molar-refractivity contribution >= 4 is 88.7 Å². The highest BCUT2D eigenvalue weighted by atomic mass is 16.4. The number of nitrogens with zero attached hydrogens (tertiary/aromatic N) is 2. The third-order valence-electron chi connectivity index (χ3n) is 16.9. The maximum absolute atomic E-state index is 14.6. The van der Waals surface area contributed by atoms with E-state index in [2.05, 4.69) is 58.2 Å². The number of aliphatic hydroxyl groups is 1. The van der Waals surface area contributed by atoms with Crippen molar-refractivity contribution in [3.63, 3.8) is 0 Å². The third kappa shape index (κ3) is 28.1. The van der Waals surface area contributed by atoms with Gasteiger partial charge in [0.1, 0.15) is 66.2 Å². The molecule has 1 aliphatic rings. The number of aliphatic carboxylic acids is 1. The normalized spacial score (nSPS) is 16.1. The number of carboxylic acids is 1. The second-order valence-corrected chi connectivity index (χ2v) is 25.5. The van der Waals surface area contributed by atoms with Gasteiger partial charge in [-0.2, -0.15) is 0 Å². The van der Waals surface area contributed by atoms with E-state index in [1.165, 1.54) is 36.1 Å². The van der Waals surface area contributed by atoms with Gasteiger partial charge in [0, 0.05) is 38.8 Å². The molecule has 13 atom stereocenters. The number of amides is 13. The van der Waals surface area contributed by atoms with Gasteiger partial charge in [0.15, 0.2) is 5.96 Å². The Kier molecular flexibility index (Phi) is 34.2. The zero-order valence-corrected chi connectivity index (χ0v) is 58.1. The highest BCUT2D eigenvalue weighted by molar-refractivity contribution is 5.99. The number of guanidine groups is 1. The van der Waals surface area contributed by atoms with Gasteiger partial charge in [-0.05, 0) is 99.5 Å². The molecule has 1 aliphatic heterocycles. The monoisotopic (exact) mass is 1430 g/mol. The molecule has 1 saturated heterocycles. The maximum atomic E-state index is 14.6. The number of benzene rings is 3. The molecule has 3 aromatic rings. The Labute approximate surface area is 590 Å². The topological polar surface area (TPSA) is 566 Å². The van der Waals surface area contributed by atoms with Crippen LogP contribution in [0.3, 0.4) is 0 Å². The summed E-state index contributed by atoms with van der Waals surface area (Å²) in [6.45, 7) is 8.62. The highest BCUT2D eigenvalue weighted by Crippen LogP contribution is 2.23. The zero-order chi connectivity index (χ0) is 75.9. The largest absolute Gasteiger partial charge is 0.508 e. The second kappa shape index (κ2) is 41.7. The number of hydrogen-bond donors (Lipinski definition) is 18. The maximum Gasteiger partial charge on any atom is 0.303 e. The van der Waals surface area contributed by atoms with Gasteiger partial charge in [-0.3, -0.25) is 72.1 Å². The quantitative estimate of drug-likeness (QED) is 0.0146. The van der Waals surface area contributed by atoms with Crippen LogP contribution in [0.25, 0.3) is 0 Å². The fraction of sp³-hybridized carbons (Fsp3) is 0.515. The van der Waals surface area contributed by atoms with Gasteiger partial charge in [0.05, 0.1) is 18.7 Å². The van der Waals surface area contributed by atoms with Crippen LogP contribution >= 0.6 is 0 Å². The molecule has 34 nitrogen and oxygen atoms in total. The van der Waals surface area contributed by atoms with Crippen LogP contribution in [0, 0.1) is 11.8 Å². The number of nitrogens with two attached hydrogens (primary N) is 5. The molecule has 1 heterocycles. The molecule has 34 heteroatoms. The van der Waals surface area contributed by atoms with Gasteiger partial charge in [-0.1, -0.05) is 107 Å². The Bertz CT molecular complexity index is 3410. The lowest BCUT2D eigenvalue weighted by Gasteiger charge is -2.33. The first kappa shape index (κ1) is 83.6. The SMILES string of the molecule is CC[C@H](C)[C@H](NC(=O)[C@@H]1CCCN1C(=O)[C@@H](NC(=O)[C@@H](N)Cc1ccccc1)C(C)C)C(=O)N[C@@H](Cc1ccccc1)C(=O)N[C@H](C(=O)N[C@@H](Cc1ccc(O)cc1)C(=O)NCC(=O)N[C@@H](CCC(=O)O)C(=O)N[C@@H](C)C(=O)N[C@@H](CCC(N)=O)C(=O)N[C@@H](CCCN=C(N)N)C(N)=O)[C@@H](C)O. The summed E-state index contributed by atoms with van der Waals surface area (Å²) in [6.07, 6.45) is -2.93.